The largest absolute Gasteiger partial charge is 0.349 e. The highest BCUT2D eigenvalue weighted by Crippen LogP contribution is 2.17. The zero-order valence-corrected chi connectivity index (χ0v) is 11.8. The van der Waals surface area contributed by atoms with Gasteiger partial charge in [0.2, 0.25) is 0 Å². The highest BCUT2D eigenvalue weighted by molar-refractivity contribution is 5.16. The molecule has 4 nitrogen and oxygen atoms in total. The van der Waals surface area contributed by atoms with Crippen LogP contribution in [0.5, 0.6) is 0 Å². The van der Waals surface area contributed by atoms with Crippen molar-refractivity contribution in [2.75, 3.05) is 6.54 Å². The van der Waals surface area contributed by atoms with Crippen LogP contribution in [0.1, 0.15) is 30.3 Å². The van der Waals surface area contributed by atoms with E-state index in [0.29, 0.717) is 0 Å². The first-order valence-corrected chi connectivity index (χ1v) is 7.15. The predicted molar refractivity (Wildman–Crippen MR) is 75.8 cm³/mol. The van der Waals surface area contributed by atoms with Crippen LogP contribution in [0, 0.1) is 6.92 Å². The number of fused-ring (bicyclic) bond motifs is 1. The molecule has 0 radical (unpaired) electrons. The van der Waals surface area contributed by atoms with E-state index < -0.39 is 0 Å². The maximum Gasteiger partial charge on any atom is 0.0638 e. The quantitative estimate of drug-likeness (QED) is 0.842. The molecule has 0 fully saturated rings. The molecule has 0 saturated carbocycles. The molecule has 0 bridgehead atoms. The van der Waals surface area contributed by atoms with Crippen LogP contribution in [0.25, 0.3) is 0 Å². The summed E-state index contributed by atoms with van der Waals surface area (Å²) < 4.78 is 4.43. The Hall–Kier alpha value is -1.55. The van der Waals surface area contributed by atoms with E-state index >= 15 is 0 Å². The number of nitrogens with zero attached hydrogens (tertiary/aromatic N) is 4. The molecule has 0 amide bonds. The molecule has 1 aliphatic rings. The van der Waals surface area contributed by atoms with Crippen LogP contribution in [0.3, 0.4) is 0 Å². The molecule has 4 heteroatoms. The fraction of sp³-hybridized carbons (Fsp3) is 0.533. The van der Waals surface area contributed by atoms with Crippen molar-refractivity contribution in [3.05, 3.63) is 41.5 Å². The standard InChI is InChI=1S/C15H22N4/c1-3-6-19-11-14(13(2)16-19)10-17-8-9-18-7-4-5-15(18)12-17/h4-5,7,11H,3,6,8-10,12H2,1-2H3. The number of aryl methyl sites for hydroxylation is 2. The van der Waals surface area contributed by atoms with Gasteiger partial charge in [0.05, 0.1) is 5.69 Å². The molecule has 0 aliphatic carbocycles. The Morgan fingerprint density at radius 3 is 3.05 bits per heavy atom. The van der Waals surface area contributed by atoms with Crippen molar-refractivity contribution in [3.63, 3.8) is 0 Å². The molecule has 2 aromatic heterocycles. The Morgan fingerprint density at radius 1 is 1.32 bits per heavy atom. The van der Waals surface area contributed by atoms with Crippen LogP contribution in [-0.2, 0) is 26.2 Å². The van der Waals surface area contributed by atoms with E-state index in [0.717, 1.165) is 39.1 Å². The molecule has 0 unspecified atom stereocenters. The highest BCUT2D eigenvalue weighted by Gasteiger charge is 2.17. The molecule has 19 heavy (non-hydrogen) atoms. The summed E-state index contributed by atoms with van der Waals surface area (Å²) in [5, 5.41) is 4.58. The first-order valence-electron chi connectivity index (χ1n) is 7.15. The van der Waals surface area contributed by atoms with Gasteiger partial charge < -0.3 is 4.57 Å². The minimum absolute atomic E-state index is 1.01. The summed E-state index contributed by atoms with van der Waals surface area (Å²) in [5.74, 6) is 0. The molecule has 102 valence electrons. The summed E-state index contributed by atoms with van der Waals surface area (Å²) in [4.78, 5) is 2.51. The van der Waals surface area contributed by atoms with Gasteiger partial charge in [-0.3, -0.25) is 9.58 Å². The van der Waals surface area contributed by atoms with Crippen molar-refractivity contribution in [1.29, 1.82) is 0 Å². The second-order valence-corrected chi connectivity index (χ2v) is 5.41. The Balaban J connectivity index is 1.69. The van der Waals surface area contributed by atoms with Gasteiger partial charge in [-0.25, -0.2) is 0 Å². The fourth-order valence-corrected chi connectivity index (χ4v) is 2.80. The lowest BCUT2D eigenvalue weighted by Crippen LogP contribution is -2.32. The predicted octanol–water partition coefficient (Wildman–Crippen LogP) is 2.42. The van der Waals surface area contributed by atoms with Gasteiger partial charge in [-0.15, -0.1) is 0 Å². The van der Waals surface area contributed by atoms with Crippen LogP contribution < -0.4 is 0 Å². The van der Waals surface area contributed by atoms with E-state index in [9.17, 15) is 0 Å². The van der Waals surface area contributed by atoms with Crippen molar-refractivity contribution >= 4 is 0 Å². The van der Waals surface area contributed by atoms with Crippen molar-refractivity contribution in [2.24, 2.45) is 0 Å². The smallest absolute Gasteiger partial charge is 0.0638 e. The van der Waals surface area contributed by atoms with Gasteiger partial charge in [-0.05, 0) is 25.5 Å². The van der Waals surface area contributed by atoms with Crippen molar-refractivity contribution in [2.45, 2.75) is 46.4 Å². The second kappa shape index (κ2) is 5.21. The molecule has 3 rings (SSSR count). The van der Waals surface area contributed by atoms with E-state index in [4.69, 9.17) is 0 Å². The topological polar surface area (TPSA) is 26.0 Å². The van der Waals surface area contributed by atoms with Gasteiger partial charge in [0.15, 0.2) is 0 Å². The van der Waals surface area contributed by atoms with Crippen molar-refractivity contribution in [1.82, 2.24) is 19.2 Å². The van der Waals surface area contributed by atoms with E-state index in [1.807, 2.05) is 0 Å². The third-order valence-corrected chi connectivity index (χ3v) is 3.86. The average molecular weight is 258 g/mol. The number of aromatic nitrogens is 3. The van der Waals surface area contributed by atoms with Gasteiger partial charge >= 0.3 is 0 Å². The molecule has 2 aromatic rings. The first kappa shape index (κ1) is 12.5. The van der Waals surface area contributed by atoms with Gasteiger partial charge in [0, 0.05) is 56.4 Å². The Labute approximate surface area is 114 Å². The zero-order valence-electron chi connectivity index (χ0n) is 11.8. The molecular formula is C15H22N4. The summed E-state index contributed by atoms with van der Waals surface area (Å²) >= 11 is 0. The molecule has 0 aromatic carbocycles. The second-order valence-electron chi connectivity index (χ2n) is 5.41. The molecule has 3 heterocycles. The van der Waals surface area contributed by atoms with Crippen molar-refractivity contribution < 1.29 is 0 Å². The van der Waals surface area contributed by atoms with Gasteiger partial charge in [-0.2, -0.15) is 5.10 Å². The monoisotopic (exact) mass is 258 g/mol. The van der Waals surface area contributed by atoms with E-state index in [1.54, 1.807) is 0 Å². The van der Waals surface area contributed by atoms with Gasteiger partial charge in [-0.1, -0.05) is 6.92 Å². The molecule has 0 saturated heterocycles. The molecule has 0 atom stereocenters. The lowest BCUT2D eigenvalue weighted by Gasteiger charge is -2.28. The maximum atomic E-state index is 4.58. The van der Waals surface area contributed by atoms with Crippen molar-refractivity contribution in [3.8, 4) is 0 Å². The summed E-state index contributed by atoms with van der Waals surface area (Å²) in [6.45, 7) is 9.62. The summed E-state index contributed by atoms with van der Waals surface area (Å²) in [6, 6.07) is 4.36. The van der Waals surface area contributed by atoms with Crippen LogP contribution >= 0.6 is 0 Å². The third kappa shape index (κ3) is 2.59. The highest BCUT2D eigenvalue weighted by atomic mass is 15.3. The van der Waals surface area contributed by atoms with Gasteiger partial charge in [0.1, 0.15) is 0 Å². The average Bonchev–Trinajstić information content (AvgIpc) is 2.97. The minimum atomic E-state index is 1.01. The summed E-state index contributed by atoms with van der Waals surface area (Å²) in [6.07, 6.45) is 5.53. The fourth-order valence-electron chi connectivity index (χ4n) is 2.80. The Morgan fingerprint density at radius 2 is 2.21 bits per heavy atom. The molecular weight excluding hydrogens is 236 g/mol. The normalized spacial score (nSPS) is 15.7. The maximum absolute atomic E-state index is 4.58. The van der Waals surface area contributed by atoms with Crippen LogP contribution in [-0.4, -0.2) is 25.8 Å². The lowest BCUT2D eigenvalue weighted by atomic mass is 10.2. The van der Waals surface area contributed by atoms with Crippen LogP contribution in [0.2, 0.25) is 0 Å². The number of hydrogen-bond acceptors (Lipinski definition) is 2. The van der Waals surface area contributed by atoms with Crippen LogP contribution in [0.15, 0.2) is 24.5 Å². The zero-order chi connectivity index (χ0) is 13.2. The number of rotatable bonds is 4. The third-order valence-electron chi connectivity index (χ3n) is 3.86. The summed E-state index contributed by atoms with van der Waals surface area (Å²) in [7, 11) is 0. The lowest BCUT2D eigenvalue weighted by molar-refractivity contribution is 0.212. The summed E-state index contributed by atoms with van der Waals surface area (Å²) in [5.41, 5.74) is 3.97. The van der Waals surface area contributed by atoms with Gasteiger partial charge in [0.25, 0.3) is 0 Å². The van der Waals surface area contributed by atoms with E-state index in [2.05, 4.69) is 57.6 Å². The molecule has 0 spiro atoms. The molecule has 0 N–H and O–H groups in total. The Kier molecular flexibility index (Phi) is 3.42. The SMILES string of the molecule is CCCn1cc(CN2CCn3cccc3C2)c(C)n1. The first-order chi connectivity index (χ1) is 9.26. The van der Waals surface area contributed by atoms with E-state index in [1.165, 1.54) is 17.0 Å². The minimum Gasteiger partial charge on any atom is -0.349 e. The Bertz CT molecular complexity index is 552. The van der Waals surface area contributed by atoms with Crippen LogP contribution in [0.4, 0.5) is 0 Å². The number of hydrogen-bond donors (Lipinski definition) is 0. The van der Waals surface area contributed by atoms with E-state index in [-0.39, 0.29) is 0 Å². The molecule has 1 aliphatic heterocycles.